The van der Waals surface area contributed by atoms with Crippen LogP contribution in [0.4, 0.5) is 0 Å². The van der Waals surface area contributed by atoms with Crippen LogP contribution in [-0.2, 0) is 0 Å². The van der Waals surface area contributed by atoms with Crippen LogP contribution < -0.4 is 0 Å². The Bertz CT molecular complexity index is 559. The van der Waals surface area contributed by atoms with Gasteiger partial charge >= 0.3 is 0 Å². The highest BCUT2D eigenvalue weighted by atomic mass is 32.1. The molecule has 0 spiro atoms. The molecule has 0 bridgehead atoms. The second-order valence-corrected chi connectivity index (χ2v) is 4.46. The van der Waals surface area contributed by atoms with Crippen LogP contribution in [0.2, 0.25) is 0 Å². The fourth-order valence-corrected chi connectivity index (χ4v) is 1.92. The van der Waals surface area contributed by atoms with Crippen molar-refractivity contribution in [3.63, 3.8) is 0 Å². The van der Waals surface area contributed by atoms with Gasteiger partial charge in [0.15, 0.2) is 5.78 Å². The number of allylic oxidation sites excluding steroid dienone is 1. The normalized spacial score (nSPS) is 10.9. The van der Waals surface area contributed by atoms with Gasteiger partial charge in [0.2, 0.25) is 0 Å². The predicted octanol–water partition coefficient (Wildman–Crippen LogP) is 3.05. The number of carbonyl (C=O) groups excluding carboxylic acids is 1. The molecular formula is C13H12N2OS. The molecule has 0 saturated heterocycles. The molecule has 17 heavy (non-hydrogen) atoms. The summed E-state index contributed by atoms with van der Waals surface area (Å²) < 4.78 is 3.73. The average Bonchev–Trinajstić information content (AvgIpc) is 2.82. The van der Waals surface area contributed by atoms with E-state index in [9.17, 15) is 4.79 Å². The topological polar surface area (TPSA) is 42.9 Å². The lowest BCUT2D eigenvalue weighted by atomic mass is 10.0. The Labute approximate surface area is 104 Å². The van der Waals surface area contributed by atoms with Gasteiger partial charge < -0.3 is 0 Å². The van der Waals surface area contributed by atoms with Gasteiger partial charge in [0.05, 0.1) is 5.69 Å². The molecule has 1 aromatic heterocycles. The summed E-state index contributed by atoms with van der Waals surface area (Å²) in [6.45, 7) is 3.91. The lowest BCUT2D eigenvalue weighted by Gasteiger charge is -2.02. The molecular weight excluding hydrogens is 232 g/mol. The molecule has 0 saturated carbocycles. The van der Waals surface area contributed by atoms with Crippen molar-refractivity contribution in [2.45, 2.75) is 13.8 Å². The maximum Gasteiger partial charge on any atom is 0.186 e. The Hall–Kier alpha value is -1.81. The molecule has 2 aromatic rings. The highest BCUT2D eigenvalue weighted by Gasteiger charge is 2.05. The van der Waals surface area contributed by atoms with Gasteiger partial charge in [-0.1, -0.05) is 22.2 Å². The molecule has 0 aliphatic heterocycles. The summed E-state index contributed by atoms with van der Waals surface area (Å²) in [5.74, 6) is -0.000741. The number of hydrogen-bond donors (Lipinski definition) is 0. The summed E-state index contributed by atoms with van der Waals surface area (Å²) in [5, 5.41) is 5.65. The van der Waals surface area contributed by atoms with Crippen LogP contribution in [0.1, 0.15) is 27.2 Å². The highest BCUT2D eigenvalue weighted by molar-refractivity contribution is 7.03. The minimum atomic E-state index is -0.000741. The minimum absolute atomic E-state index is 0.000741. The van der Waals surface area contributed by atoms with E-state index in [0.29, 0.717) is 5.69 Å². The van der Waals surface area contributed by atoms with Gasteiger partial charge in [-0.3, -0.25) is 4.79 Å². The van der Waals surface area contributed by atoms with Crippen LogP contribution in [0, 0.1) is 13.8 Å². The van der Waals surface area contributed by atoms with E-state index in [-0.39, 0.29) is 5.78 Å². The Morgan fingerprint density at radius 1 is 1.35 bits per heavy atom. The van der Waals surface area contributed by atoms with E-state index in [0.717, 1.165) is 16.7 Å². The summed E-state index contributed by atoms with van der Waals surface area (Å²) in [6.07, 6.45) is 3.23. The molecule has 0 N–H and O–H groups in total. The lowest BCUT2D eigenvalue weighted by molar-refractivity contribution is 0.104. The van der Waals surface area contributed by atoms with Gasteiger partial charge in [-0.05, 0) is 49.2 Å². The monoisotopic (exact) mass is 244 g/mol. The van der Waals surface area contributed by atoms with E-state index < -0.39 is 0 Å². The smallest absolute Gasteiger partial charge is 0.186 e. The summed E-state index contributed by atoms with van der Waals surface area (Å²) in [6, 6.07) is 5.86. The van der Waals surface area contributed by atoms with Crippen molar-refractivity contribution >= 4 is 23.4 Å². The molecule has 0 amide bonds. The highest BCUT2D eigenvalue weighted by Crippen LogP contribution is 2.12. The van der Waals surface area contributed by atoms with Crippen molar-refractivity contribution < 1.29 is 4.79 Å². The minimum Gasteiger partial charge on any atom is -0.289 e. The number of benzene rings is 1. The number of ketones is 1. The molecule has 0 radical (unpaired) electrons. The Morgan fingerprint density at radius 2 is 2.18 bits per heavy atom. The van der Waals surface area contributed by atoms with Crippen molar-refractivity contribution in [1.82, 2.24) is 9.59 Å². The molecule has 0 atom stereocenters. The predicted molar refractivity (Wildman–Crippen MR) is 69.2 cm³/mol. The summed E-state index contributed by atoms with van der Waals surface area (Å²) in [4.78, 5) is 12.0. The second kappa shape index (κ2) is 5.01. The molecule has 0 aliphatic rings. The second-order valence-electron chi connectivity index (χ2n) is 3.85. The quantitative estimate of drug-likeness (QED) is 0.615. The van der Waals surface area contributed by atoms with Crippen LogP contribution in [0.3, 0.4) is 0 Å². The van der Waals surface area contributed by atoms with Gasteiger partial charge in [0.25, 0.3) is 0 Å². The zero-order valence-electron chi connectivity index (χ0n) is 9.68. The van der Waals surface area contributed by atoms with E-state index in [1.807, 2.05) is 32.0 Å². The molecule has 86 valence electrons. The molecule has 1 heterocycles. The number of aromatic nitrogens is 2. The molecule has 0 unspecified atom stereocenters. The molecule has 0 aliphatic carbocycles. The van der Waals surface area contributed by atoms with Gasteiger partial charge in [-0.15, -0.1) is 5.10 Å². The zero-order chi connectivity index (χ0) is 12.3. The Kier molecular flexibility index (Phi) is 3.44. The van der Waals surface area contributed by atoms with E-state index >= 15 is 0 Å². The van der Waals surface area contributed by atoms with Crippen LogP contribution >= 0.6 is 11.5 Å². The van der Waals surface area contributed by atoms with Gasteiger partial charge in [-0.2, -0.15) is 0 Å². The van der Waals surface area contributed by atoms with Crippen molar-refractivity contribution in [2.24, 2.45) is 0 Å². The fraction of sp³-hybridized carbons (Fsp3) is 0.154. The first-order chi connectivity index (χ1) is 8.16. The molecule has 0 fully saturated rings. The van der Waals surface area contributed by atoms with Gasteiger partial charge in [0, 0.05) is 10.9 Å². The number of carbonyl (C=O) groups is 1. The zero-order valence-corrected chi connectivity index (χ0v) is 10.5. The third-order valence-corrected chi connectivity index (χ3v) is 2.96. The fourth-order valence-electron chi connectivity index (χ4n) is 1.50. The van der Waals surface area contributed by atoms with Crippen molar-refractivity contribution in [1.29, 1.82) is 0 Å². The van der Waals surface area contributed by atoms with E-state index in [2.05, 4.69) is 9.59 Å². The SMILES string of the molecule is Cc1ccc(C)c(C(=O)C=Cc2csnn2)c1. The Balaban J connectivity index is 2.23. The van der Waals surface area contributed by atoms with E-state index in [1.165, 1.54) is 11.5 Å². The summed E-state index contributed by atoms with van der Waals surface area (Å²) >= 11 is 1.27. The number of rotatable bonds is 3. The molecule has 2 rings (SSSR count). The van der Waals surface area contributed by atoms with E-state index in [4.69, 9.17) is 0 Å². The van der Waals surface area contributed by atoms with Crippen LogP contribution in [0.5, 0.6) is 0 Å². The van der Waals surface area contributed by atoms with Crippen molar-refractivity contribution in [3.8, 4) is 0 Å². The van der Waals surface area contributed by atoms with Gasteiger partial charge in [-0.25, -0.2) is 0 Å². The molecule has 1 aromatic carbocycles. The van der Waals surface area contributed by atoms with Crippen molar-refractivity contribution in [2.75, 3.05) is 0 Å². The lowest BCUT2D eigenvalue weighted by Crippen LogP contribution is -1.98. The number of hydrogen-bond acceptors (Lipinski definition) is 4. The largest absolute Gasteiger partial charge is 0.289 e. The van der Waals surface area contributed by atoms with Crippen molar-refractivity contribution in [3.05, 3.63) is 52.0 Å². The van der Waals surface area contributed by atoms with E-state index in [1.54, 1.807) is 17.5 Å². The molecule has 3 nitrogen and oxygen atoms in total. The van der Waals surface area contributed by atoms with Crippen LogP contribution in [0.25, 0.3) is 6.08 Å². The van der Waals surface area contributed by atoms with Gasteiger partial charge in [0.1, 0.15) is 0 Å². The summed E-state index contributed by atoms with van der Waals surface area (Å²) in [7, 11) is 0. The third-order valence-electron chi connectivity index (χ3n) is 2.44. The maximum absolute atomic E-state index is 12.0. The first kappa shape index (κ1) is 11.7. The maximum atomic E-state index is 12.0. The molecule has 4 heteroatoms. The first-order valence-corrected chi connectivity index (χ1v) is 6.07. The number of aryl methyl sites for hydroxylation is 2. The average molecular weight is 244 g/mol. The standard InChI is InChI=1S/C13H12N2OS/c1-9-3-4-10(2)12(7-9)13(16)6-5-11-8-17-15-14-11/h3-8H,1-2H3. The number of nitrogens with zero attached hydrogens (tertiary/aromatic N) is 2. The Morgan fingerprint density at radius 3 is 2.88 bits per heavy atom. The first-order valence-electron chi connectivity index (χ1n) is 5.23. The van der Waals surface area contributed by atoms with Crippen LogP contribution in [-0.4, -0.2) is 15.4 Å². The summed E-state index contributed by atoms with van der Waals surface area (Å²) in [5.41, 5.74) is 3.53. The van der Waals surface area contributed by atoms with Crippen LogP contribution in [0.15, 0.2) is 29.7 Å². The third kappa shape index (κ3) is 2.85.